The Hall–Kier alpha value is -1.18. The lowest BCUT2D eigenvalue weighted by molar-refractivity contribution is -0.137. The Bertz CT molecular complexity index is 859. The lowest BCUT2D eigenvalue weighted by Crippen LogP contribution is -2.49. The molecule has 31 heavy (non-hydrogen) atoms. The molecule has 0 radical (unpaired) electrons. The maximum absolute atomic E-state index is 14.2. The summed E-state index contributed by atoms with van der Waals surface area (Å²) in [5.41, 5.74) is 0.674. The number of rotatable bonds is 5. The summed E-state index contributed by atoms with van der Waals surface area (Å²) in [6.07, 6.45) is 6.26. The average Bonchev–Trinajstić information content (AvgIpc) is 3.40. The maximum atomic E-state index is 14.2. The van der Waals surface area contributed by atoms with Crippen molar-refractivity contribution in [1.29, 1.82) is 0 Å². The van der Waals surface area contributed by atoms with Gasteiger partial charge in [0.1, 0.15) is 5.82 Å². The fourth-order valence-electron chi connectivity index (χ4n) is 6.59. The van der Waals surface area contributed by atoms with Crippen molar-refractivity contribution in [3.8, 4) is 0 Å². The third-order valence-corrected chi connectivity index (χ3v) is 8.60. The van der Waals surface area contributed by atoms with Crippen molar-refractivity contribution in [2.75, 3.05) is 13.1 Å². The third-order valence-electron chi connectivity index (χ3n) is 8.11. The lowest BCUT2D eigenvalue weighted by Gasteiger charge is -2.32. The van der Waals surface area contributed by atoms with Crippen LogP contribution in [0.1, 0.15) is 44.1 Å². The Morgan fingerprint density at radius 3 is 2.32 bits per heavy atom. The minimum Gasteiger partial charge on any atom is -0.353 e. The highest BCUT2D eigenvalue weighted by molar-refractivity contribution is 9.10. The number of carbonyl (C=O) groups excluding carboxylic acids is 2. The topological polar surface area (TPSA) is 70.2 Å². The van der Waals surface area contributed by atoms with Crippen LogP contribution in [-0.2, 0) is 16.1 Å². The van der Waals surface area contributed by atoms with Gasteiger partial charge in [0.05, 0.1) is 11.8 Å². The molecule has 1 spiro atoms. The normalized spacial score (nSPS) is 30.6. The molecule has 2 amide bonds. The van der Waals surface area contributed by atoms with Crippen LogP contribution in [0.5, 0.6) is 0 Å². The molecule has 3 aliphatic carbocycles. The van der Waals surface area contributed by atoms with E-state index in [0.29, 0.717) is 21.9 Å². The smallest absolute Gasteiger partial charge is 0.224 e. The molecule has 1 saturated heterocycles. The summed E-state index contributed by atoms with van der Waals surface area (Å²) in [6.45, 7) is 2.00. The molecule has 4 fully saturated rings. The van der Waals surface area contributed by atoms with Crippen molar-refractivity contribution in [3.63, 3.8) is 0 Å². The monoisotopic (exact) mass is 513 g/mol. The fraction of sp³-hybridized carbons (Fsp3) is 0.652. The molecule has 5 nitrogen and oxygen atoms in total. The SMILES string of the molecule is Cl.O=C(NCc1ccc(Br)cc1F)C1C(C(=O)NC2CCNCC2)C2CCC1C21CC1. The van der Waals surface area contributed by atoms with Gasteiger partial charge in [0.2, 0.25) is 11.8 Å². The van der Waals surface area contributed by atoms with Gasteiger partial charge >= 0.3 is 0 Å². The molecule has 5 rings (SSSR count). The molecule has 4 aliphatic rings. The highest BCUT2D eigenvalue weighted by atomic mass is 79.9. The van der Waals surface area contributed by atoms with Gasteiger partial charge in [-0.2, -0.15) is 0 Å². The molecular formula is C23H30BrClFN3O2. The van der Waals surface area contributed by atoms with Crippen LogP contribution in [0.15, 0.2) is 22.7 Å². The summed E-state index contributed by atoms with van der Waals surface area (Å²) in [4.78, 5) is 26.6. The first-order valence-electron chi connectivity index (χ1n) is 11.2. The van der Waals surface area contributed by atoms with E-state index in [-0.39, 0.29) is 59.9 Å². The van der Waals surface area contributed by atoms with Crippen LogP contribution in [0.3, 0.4) is 0 Å². The highest BCUT2D eigenvalue weighted by Crippen LogP contribution is 2.74. The molecule has 4 atom stereocenters. The standard InChI is InChI=1S/C23H29BrFN3O2.ClH/c24-14-2-1-13(18(25)11-14)12-27-21(29)19-16-3-4-17(23(16)7-8-23)20(19)22(30)28-15-5-9-26-10-6-15;/h1-2,11,15-17,19-20,26H,3-10,12H2,(H,27,29)(H,28,30);1H. The van der Waals surface area contributed by atoms with E-state index < -0.39 is 0 Å². The number of hydrogen-bond donors (Lipinski definition) is 3. The van der Waals surface area contributed by atoms with Crippen molar-refractivity contribution < 1.29 is 14.0 Å². The first-order chi connectivity index (χ1) is 14.5. The van der Waals surface area contributed by atoms with Gasteiger partial charge in [0.15, 0.2) is 0 Å². The number of benzene rings is 1. The van der Waals surface area contributed by atoms with Crippen molar-refractivity contribution >= 4 is 40.2 Å². The van der Waals surface area contributed by atoms with Crippen LogP contribution in [0.4, 0.5) is 4.39 Å². The van der Waals surface area contributed by atoms with E-state index >= 15 is 0 Å². The molecule has 1 heterocycles. The van der Waals surface area contributed by atoms with E-state index in [1.165, 1.54) is 6.07 Å². The molecule has 3 saturated carbocycles. The average molecular weight is 515 g/mol. The Morgan fingerprint density at radius 2 is 1.71 bits per heavy atom. The molecular weight excluding hydrogens is 485 g/mol. The van der Waals surface area contributed by atoms with E-state index in [1.807, 2.05) is 0 Å². The Morgan fingerprint density at radius 1 is 1.06 bits per heavy atom. The number of nitrogens with one attached hydrogen (secondary N) is 3. The van der Waals surface area contributed by atoms with Gasteiger partial charge < -0.3 is 16.0 Å². The first kappa shape index (κ1) is 23.0. The van der Waals surface area contributed by atoms with Crippen LogP contribution < -0.4 is 16.0 Å². The number of piperidine rings is 1. The van der Waals surface area contributed by atoms with Crippen LogP contribution in [0, 0.1) is 34.9 Å². The van der Waals surface area contributed by atoms with Gasteiger partial charge in [-0.1, -0.05) is 22.0 Å². The summed E-state index contributed by atoms with van der Waals surface area (Å²) in [6, 6.07) is 5.07. The number of hydrogen-bond acceptors (Lipinski definition) is 3. The second kappa shape index (κ2) is 8.99. The van der Waals surface area contributed by atoms with E-state index in [1.54, 1.807) is 12.1 Å². The van der Waals surface area contributed by atoms with Gasteiger partial charge in [0.25, 0.3) is 0 Å². The van der Waals surface area contributed by atoms with Crippen molar-refractivity contribution in [3.05, 3.63) is 34.1 Å². The summed E-state index contributed by atoms with van der Waals surface area (Å²) in [7, 11) is 0. The first-order valence-corrected chi connectivity index (χ1v) is 12.0. The van der Waals surface area contributed by atoms with Gasteiger partial charge in [0, 0.05) is 22.6 Å². The molecule has 1 aromatic rings. The largest absolute Gasteiger partial charge is 0.353 e. The van der Waals surface area contributed by atoms with Gasteiger partial charge in [-0.05, 0) is 81.0 Å². The van der Waals surface area contributed by atoms with E-state index in [0.717, 1.165) is 51.6 Å². The molecule has 0 aromatic heterocycles. The third kappa shape index (κ3) is 4.13. The molecule has 3 N–H and O–H groups in total. The van der Waals surface area contributed by atoms with E-state index in [9.17, 15) is 14.0 Å². The molecule has 4 unspecified atom stereocenters. The summed E-state index contributed by atoms with van der Waals surface area (Å²) < 4.78 is 14.9. The van der Waals surface area contributed by atoms with E-state index in [4.69, 9.17) is 0 Å². The van der Waals surface area contributed by atoms with Gasteiger partial charge in [-0.3, -0.25) is 9.59 Å². The fourth-order valence-corrected chi connectivity index (χ4v) is 6.92. The second-order valence-electron chi connectivity index (χ2n) is 9.56. The highest BCUT2D eigenvalue weighted by Gasteiger charge is 2.71. The number of carbonyl (C=O) groups is 2. The van der Waals surface area contributed by atoms with Crippen molar-refractivity contribution in [1.82, 2.24) is 16.0 Å². The Kier molecular flexibility index (Phi) is 6.67. The minimum absolute atomic E-state index is 0. The molecule has 2 bridgehead atoms. The number of amides is 2. The van der Waals surface area contributed by atoms with Crippen molar-refractivity contribution in [2.45, 2.75) is 51.1 Å². The zero-order valence-electron chi connectivity index (χ0n) is 17.5. The molecule has 8 heteroatoms. The van der Waals surface area contributed by atoms with Crippen LogP contribution >= 0.6 is 28.3 Å². The molecule has 170 valence electrons. The summed E-state index contributed by atoms with van der Waals surface area (Å²) in [5, 5.41) is 9.54. The van der Waals surface area contributed by atoms with E-state index in [2.05, 4.69) is 31.9 Å². The second-order valence-corrected chi connectivity index (χ2v) is 10.5. The Labute approximate surface area is 197 Å². The Balaban J connectivity index is 0.00000231. The zero-order valence-corrected chi connectivity index (χ0v) is 19.9. The number of halogens is 3. The minimum atomic E-state index is -0.337. The lowest BCUT2D eigenvalue weighted by atomic mass is 9.78. The van der Waals surface area contributed by atoms with Crippen LogP contribution in [0.25, 0.3) is 0 Å². The molecule has 1 aromatic carbocycles. The quantitative estimate of drug-likeness (QED) is 0.563. The molecule has 1 aliphatic heterocycles. The van der Waals surface area contributed by atoms with Crippen molar-refractivity contribution in [2.24, 2.45) is 29.1 Å². The van der Waals surface area contributed by atoms with Gasteiger partial charge in [-0.15, -0.1) is 12.4 Å². The predicted octanol–water partition coefficient (Wildman–Crippen LogP) is 3.55. The summed E-state index contributed by atoms with van der Waals surface area (Å²) >= 11 is 3.26. The van der Waals surface area contributed by atoms with Crippen LogP contribution in [0.2, 0.25) is 0 Å². The zero-order chi connectivity index (χ0) is 20.9. The predicted molar refractivity (Wildman–Crippen MR) is 122 cm³/mol. The van der Waals surface area contributed by atoms with Crippen LogP contribution in [-0.4, -0.2) is 30.9 Å². The maximum Gasteiger partial charge on any atom is 0.224 e. The summed E-state index contributed by atoms with van der Waals surface area (Å²) in [5.74, 6) is -0.263. The van der Waals surface area contributed by atoms with Gasteiger partial charge in [-0.25, -0.2) is 4.39 Å².